The third kappa shape index (κ3) is 4.12. The fourth-order valence-corrected chi connectivity index (χ4v) is 4.21. The Hall–Kier alpha value is -1.42. The van der Waals surface area contributed by atoms with Crippen LogP contribution >= 0.6 is 11.8 Å². The number of hydrogen-bond donors (Lipinski definition) is 1. The van der Waals surface area contributed by atoms with Crippen molar-refractivity contribution in [3.8, 4) is 0 Å². The maximum atomic E-state index is 13.2. The minimum Gasteiger partial charge on any atom is -0.369 e. The van der Waals surface area contributed by atoms with Crippen molar-refractivity contribution < 1.29 is 36.2 Å². The SMILES string of the molecule is CCC1CN(C(=O)CC(C)C)c2ccc(C(O)(C(F)(F)F)C(F)(F)F)cc2S1. The van der Waals surface area contributed by atoms with Gasteiger partial charge in [0.15, 0.2) is 0 Å². The molecule has 0 aromatic heterocycles. The van der Waals surface area contributed by atoms with Gasteiger partial charge in [0.1, 0.15) is 0 Å². The number of carbonyl (C=O) groups is 1. The highest BCUT2D eigenvalue weighted by Crippen LogP contribution is 2.52. The minimum absolute atomic E-state index is 0.0467. The predicted molar refractivity (Wildman–Crippen MR) is 94.2 cm³/mol. The molecule has 0 radical (unpaired) electrons. The molecule has 1 atom stereocenters. The summed E-state index contributed by atoms with van der Waals surface area (Å²) < 4.78 is 79.0. The van der Waals surface area contributed by atoms with Gasteiger partial charge in [-0.2, -0.15) is 26.3 Å². The van der Waals surface area contributed by atoms with Crippen LogP contribution in [0.25, 0.3) is 0 Å². The largest absolute Gasteiger partial charge is 0.430 e. The number of rotatable bonds is 4. The lowest BCUT2D eigenvalue weighted by Gasteiger charge is -2.37. The number of thioether (sulfide) groups is 1. The highest BCUT2D eigenvalue weighted by molar-refractivity contribution is 8.00. The Balaban J connectivity index is 2.57. The molecule has 1 N–H and O–H groups in total. The molecule has 0 saturated carbocycles. The molecule has 1 aliphatic rings. The van der Waals surface area contributed by atoms with E-state index in [1.807, 2.05) is 20.8 Å². The second kappa shape index (κ2) is 7.78. The molecule has 3 nitrogen and oxygen atoms in total. The Morgan fingerprint density at radius 2 is 1.79 bits per heavy atom. The van der Waals surface area contributed by atoms with Crippen LogP contribution < -0.4 is 4.90 Å². The lowest BCUT2D eigenvalue weighted by atomic mass is 9.92. The van der Waals surface area contributed by atoms with Gasteiger partial charge in [0.25, 0.3) is 5.60 Å². The van der Waals surface area contributed by atoms with Crippen molar-refractivity contribution >= 4 is 23.4 Å². The first-order valence-corrected chi connectivity index (χ1v) is 9.57. The monoisotopic (exact) mass is 429 g/mol. The molecule has 0 fully saturated rings. The van der Waals surface area contributed by atoms with Gasteiger partial charge in [-0.05, 0) is 24.5 Å². The first-order valence-electron chi connectivity index (χ1n) is 8.69. The van der Waals surface area contributed by atoms with Crippen molar-refractivity contribution in [3.05, 3.63) is 23.8 Å². The summed E-state index contributed by atoms with van der Waals surface area (Å²) in [4.78, 5) is 14.1. The summed E-state index contributed by atoms with van der Waals surface area (Å²) in [6.07, 6.45) is -11.1. The summed E-state index contributed by atoms with van der Waals surface area (Å²) in [5.74, 6) is -0.199. The number of carbonyl (C=O) groups excluding carboxylic acids is 1. The Bertz CT molecular complexity index is 718. The first kappa shape index (κ1) is 22.9. The van der Waals surface area contributed by atoms with Gasteiger partial charge in [0.2, 0.25) is 5.91 Å². The van der Waals surface area contributed by atoms with E-state index in [1.165, 1.54) is 4.90 Å². The van der Waals surface area contributed by atoms with Crippen molar-refractivity contribution in [1.82, 2.24) is 0 Å². The molecule has 1 aromatic carbocycles. The van der Waals surface area contributed by atoms with E-state index < -0.39 is 23.5 Å². The van der Waals surface area contributed by atoms with E-state index in [-0.39, 0.29) is 34.1 Å². The molecule has 1 aromatic rings. The lowest BCUT2D eigenvalue weighted by molar-refractivity contribution is -0.376. The number of benzene rings is 1. The Morgan fingerprint density at radius 3 is 2.25 bits per heavy atom. The highest BCUT2D eigenvalue weighted by Gasteiger charge is 2.71. The molecule has 10 heteroatoms. The summed E-state index contributed by atoms with van der Waals surface area (Å²) in [6, 6.07) is 2.32. The standard InChI is InChI=1S/C18H21F6NO2S/c1-4-12-9-25(15(26)7-10(2)3)13-6-5-11(8-14(13)28-12)16(27,17(19,20)21)18(22,23)24/h5-6,8,10,12,27H,4,7,9H2,1-3H3. The number of aliphatic hydroxyl groups is 1. The van der Waals surface area contributed by atoms with Crippen molar-refractivity contribution in [3.63, 3.8) is 0 Å². The third-order valence-electron chi connectivity index (χ3n) is 4.51. The summed E-state index contributed by atoms with van der Waals surface area (Å²) in [6.45, 7) is 5.82. The van der Waals surface area contributed by atoms with Gasteiger partial charge in [-0.25, -0.2) is 0 Å². The van der Waals surface area contributed by atoms with E-state index in [2.05, 4.69) is 0 Å². The van der Waals surface area contributed by atoms with Crippen LogP contribution in [-0.2, 0) is 10.4 Å². The molecule has 0 spiro atoms. The van der Waals surface area contributed by atoms with Crippen molar-refractivity contribution in [2.45, 2.75) is 61.7 Å². The van der Waals surface area contributed by atoms with Crippen LogP contribution in [0.5, 0.6) is 0 Å². The highest BCUT2D eigenvalue weighted by atomic mass is 32.2. The maximum Gasteiger partial charge on any atom is 0.430 e. The molecule has 28 heavy (non-hydrogen) atoms. The van der Waals surface area contributed by atoms with Crippen LogP contribution in [0.2, 0.25) is 0 Å². The zero-order valence-electron chi connectivity index (χ0n) is 15.5. The number of halogens is 6. The number of anilines is 1. The molecule has 158 valence electrons. The van der Waals surface area contributed by atoms with Crippen LogP contribution in [0.15, 0.2) is 23.1 Å². The number of fused-ring (bicyclic) bond motifs is 1. The van der Waals surface area contributed by atoms with E-state index in [9.17, 15) is 36.2 Å². The van der Waals surface area contributed by atoms with Gasteiger partial charge >= 0.3 is 12.4 Å². The number of alkyl halides is 6. The lowest BCUT2D eigenvalue weighted by Crippen LogP contribution is -2.54. The van der Waals surface area contributed by atoms with E-state index in [1.54, 1.807) is 0 Å². The number of amides is 1. The fourth-order valence-electron chi connectivity index (χ4n) is 2.97. The summed E-state index contributed by atoms with van der Waals surface area (Å²) >= 11 is 1.11. The zero-order valence-corrected chi connectivity index (χ0v) is 16.3. The summed E-state index contributed by atoms with van der Waals surface area (Å²) in [5, 5.41) is 9.46. The van der Waals surface area contributed by atoms with Gasteiger partial charge in [0.05, 0.1) is 5.69 Å². The molecule has 0 bridgehead atoms. The van der Waals surface area contributed by atoms with Gasteiger partial charge in [0, 0.05) is 28.7 Å². The average Bonchev–Trinajstić information content (AvgIpc) is 2.56. The topological polar surface area (TPSA) is 40.5 Å². The molecular weight excluding hydrogens is 408 g/mol. The predicted octanol–water partition coefficient (Wildman–Crippen LogP) is 5.26. The van der Waals surface area contributed by atoms with Gasteiger partial charge in [-0.15, -0.1) is 11.8 Å². The van der Waals surface area contributed by atoms with Crippen molar-refractivity contribution in [2.75, 3.05) is 11.4 Å². The Kier molecular flexibility index (Phi) is 6.35. The average molecular weight is 429 g/mol. The normalized spacial score (nSPS) is 18.4. The van der Waals surface area contributed by atoms with Gasteiger partial charge in [-0.3, -0.25) is 4.79 Å². The second-order valence-electron chi connectivity index (χ2n) is 7.14. The van der Waals surface area contributed by atoms with Crippen LogP contribution in [0.4, 0.5) is 32.0 Å². The van der Waals surface area contributed by atoms with Gasteiger partial charge in [-0.1, -0.05) is 26.8 Å². The third-order valence-corrected chi connectivity index (χ3v) is 5.90. The molecule has 0 aliphatic carbocycles. The molecular formula is C18H21F6NO2S. The molecule has 1 aliphatic heterocycles. The Labute approximate surface area is 163 Å². The van der Waals surface area contributed by atoms with Crippen LogP contribution in [0.1, 0.15) is 39.2 Å². The van der Waals surface area contributed by atoms with E-state index in [0.717, 1.165) is 17.8 Å². The smallest absolute Gasteiger partial charge is 0.369 e. The van der Waals surface area contributed by atoms with E-state index in [4.69, 9.17) is 0 Å². The summed E-state index contributed by atoms with van der Waals surface area (Å²) in [7, 11) is 0. The van der Waals surface area contributed by atoms with Crippen LogP contribution in [-0.4, -0.2) is 35.2 Å². The number of hydrogen-bond acceptors (Lipinski definition) is 3. The molecule has 1 amide bonds. The Morgan fingerprint density at radius 1 is 1.21 bits per heavy atom. The van der Waals surface area contributed by atoms with Crippen molar-refractivity contribution in [2.24, 2.45) is 5.92 Å². The van der Waals surface area contributed by atoms with Crippen molar-refractivity contribution in [1.29, 1.82) is 0 Å². The quantitative estimate of drug-likeness (QED) is 0.664. The maximum absolute atomic E-state index is 13.2. The summed E-state index contributed by atoms with van der Waals surface area (Å²) in [5.41, 5.74) is -6.04. The molecule has 1 heterocycles. The molecule has 1 unspecified atom stereocenters. The number of nitrogens with zero attached hydrogens (tertiary/aromatic N) is 1. The second-order valence-corrected chi connectivity index (χ2v) is 8.48. The fraction of sp³-hybridized carbons (Fsp3) is 0.611. The van der Waals surface area contributed by atoms with Gasteiger partial charge < -0.3 is 10.0 Å². The van der Waals surface area contributed by atoms with Crippen LogP contribution in [0, 0.1) is 5.92 Å². The molecule has 0 saturated heterocycles. The van der Waals surface area contributed by atoms with Crippen LogP contribution in [0.3, 0.4) is 0 Å². The molecule has 2 rings (SSSR count). The zero-order chi connectivity index (χ0) is 21.5. The first-order chi connectivity index (χ1) is 12.7. The van der Waals surface area contributed by atoms with E-state index >= 15 is 0 Å². The van der Waals surface area contributed by atoms with E-state index in [0.29, 0.717) is 25.1 Å². The minimum atomic E-state index is -5.95.